The van der Waals surface area contributed by atoms with Gasteiger partial charge in [0, 0.05) is 43.3 Å². The van der Waals surface area contributed by atoms with Gasteiger partial charge < -0.3 is 14.4 Å². The maximum atomic E-state index is 13.4. The van der Waals surface area contributed by atoms with Gasteiger partial charge in [0.15, 0.2) is 0 Å². The van der Waals surface area contributed by atoms with E-state index in [0.29, 0.717) is 5.41 Å². The van der Waals surface area contributed by atoms with Crippen molar-refractivity contribution in [3.63, 3.8) is 0 Å². The highest BCUT2D eigenvalue weighted by atomic mass is 19.1. The molecule has 3 rings (SSSR count). The van der Waals surface area contributed by atoms with Crippen LogP contribution in [0.1, 0.15) is 19.0 Å². The first-order chi connectivity index (χ1) is 10.4. The number of aromatic nitrogens is 1. The summed E-state index contributed by atoms with van der Waals surface area (Å²) in [4.78, 5) is 4.80. The van der Waals surface area contributed by atoms with Gasteiger partial charge in [-0.05, 0) is 56.7 Å². The molecule has 1 unspecified atom stereocenters. The Morgan fingerprint density at radius 1 is 1.27 bits per heavy atom. The van der Waals surface area contributed by atoms with E-state index in [4.69, 9.17) is 0 Å². The second kappa shape index (κ2) is 5.67. The van der Waals surface area contributed by atoms with E-state index in [2.05, 4.69) is 48.5 Å². The Labute approximate surface area is 132 Å². The topological polar surface area (TPSA) is 11.4 Å². The largest absolute Gasteiger partial charge is 0.346 e. The Balaban J connectivity index is 1.74. The number of fused-ring (bicyclic) bond motifs is 1. The van der Waals surface area contributed by atoms with Crippen molar-refractivity contribution in [2.45, 2.75) is 19.9 Å². The van der Waals surface area contributed by atoms with Crippen LogP contribution in [0.15, 0.2) is 24.3 Å². The monoisotopic (exact) mass is 303 g/mol. The lowest BCUT2D eigenvalue weighted by molar-refractivity contribution is 0.188. The summed E-state index contributed by atoms with van der Waals surface area (Å²) in [5.74, 6) is -0.167. The van der Waals surface area contributed by atoms with Crippen molar-refractivity contribution in [3.8, 4) is 0 Å². The fourth-order valence-corrected chi connectivity index (χ4v) is 3.91. The molecule has 120 valence electrons. The lowest BCUT2D eigenvalue weighted by atomic mass is 9.89. The first kappa shape index (κ1) is 15.5. The lowest BCUT2D eigenvalue weighted by Crippen LogP contribution is -2.35. The summed E-state index contributed by atoms with van der Waals surface area (Å²) in [6.45, 7) is 6.72. The minimum atomic E-state index is -0.167. The molecule has 1 fully saturated rings. The summed E-state index contributed by atoms with van der Waals surface area (Å²) in [6, 6.07) is 7.12. The quantitative estimate of drug-likeness (QED) is 0.860. The fourth-order valence-electron chi connectivity index (χ4n) is 3.91. The molecular weight excluding hydrogens is 277 g/mol. The Bertz CT molecular complexity index is 678. The van der Waals surface area contributed by atoms with Crippen LogP contribution in [-0.4, -0.2) is 48.1 Å². The predicted molar refractivity (Wildman–Crippen MR) is 89.4 cm³/mol. The standard InChI is InChI=1S/C18H26FN3/c1-18(7-8-20(2)12-18)13-21(3)11-16-10-14-9-15(19)5-6-17(14)22(16)4/h5-6,9-10H,7-8,11-13H2,1-4H3. The molecule has 0 bridgehead atoms. The SMILES string of the molecule is CN1CCC(C)(CN(C)Cc2cc3cc(F)ccc3n2C)C1. The Hall–Kier alpha value is -1.39. The maximum absolute atomic E-state index is 13.4. The molecule has 1 aromatic heterocycles. The van der Waals surface area contributed by atoms with Gasteiger partial charge in [0.05, 0.1) is 0 Å². The Kier molecular flexibility index (Phi) is 4.00. The molecule has 1 saturated heterocycles. The molecule has 0 spiro atoms. The zero-order valence-electron chi connectivity index (χ0n) is 14.1. The molecule has 2 heterocycles. The van der Waals surface area contributed by atoms with Crippen LogP contribution in [0.25, 0.3) is 10.9 Å². The molecule has 1 aromatic carbocycles. The molecule has 0 N–H and O–H groups in total. The maximum Gasteiger partial charge on any atom is 0.123 e. The highest BCUT2D eigenvalue weighted by Crippen LogP contribution is 2.30. The first-order valence-corrected chi connectivity index (χ1v) is 7.97. The number of likely N-dealkylation sites (tertiary alicyclic amines) is 1. The molecule has 1 aliphatic heterocycles. The van der Waals surface area contributed by atoms with Crippen molar-refractivity contribution in [1.29, 1.82) is 0 Å². The molecule has 1 atom stereocenters. The number of aryl methyl sites for hydroxylation is 1. The second-order valence-electron chi connectivity index (χ2n) is 7.37. The van der Waals surface area contributed by atoms with E-state index in [9.17, 15) is 4.39 Å². The van der Waals surface area contributed by atoms with Gasteiger partial charge in [-0.15, -0.1) is 0 Å². The summed E-state index contributed by atoms with van der Waals surface area (Å²) in [5, 5.41) is 0.984. The van der Waals surface area contributed by atoms with Crippen LogP contribution in [0.4, 0.5) is 4.39 Å². The van der Waals surface area contributed by atoms with Gasteiger partial charge in [-0.1, -0.05) is 6.92 Å². The Morgan fingerprint density at radius 3 is 2.73 bits per heavy atom. The highest BCUT2D eigenvalue weighted by molar-refractivity contribution is 5.81. The summed E-state index contributed by atoms with van der Waals surface area (Å²) in [5.41, 5.74) is 2.70. The minimum Gasteiger partial charge on any atom is -0.346 e. The van der Waals surface area contributed by atoms with Crippen LogP contribution >= 0.6 is 0 Å². The number of rotatable bonds is 4. The predicted octanol–water partition coefficient (Wildman–Crippen LogP) is 3.09. The number of hydrogen-bond acceptors (Lipinski definition) is 2. The lowest BCUT2D eigenvalue weighted by Gasteiger charge is -2.30. The van der Waals surface area contributed by atoms with Crippen LogP contribution < -0.4 is 0 Å². The molecule has 0 amide bonds. The molecule has 22 heavy (non-hydrogen) atoms. The zero-order valence-corrected chi connectivity index (χ0v) is 14.1. The minimum absolute atomic E-state index is 0.167. The number of benzene rings is 1. The van der Waals surface area contributed by atoms with E-state index in [-0.39, 0.29) is 5.82 Å². The number of hydrogen-bond donors (Lipinski definition) is 0. The van der Waals surface area contributed by atoms with Crippen molar-refractivity contribution in [3.05, 3.63) is 35.8 Å². The number of halogens is 1. The van der Waals surface area contributed by atoms with Crippen molar-refractivity contribution < 1.29 is 4.39 Å². The summed E-state index contributed by atoms with van der Waals surface area (Å²) in [7, 11) is 6.44. The normalized spacial score (nSPS) is 23.0. The average Bonchev–Trinajstić information content (AvgIpc) is 2.90. The molecule has 3 nitrogen and oxygen atoms in total. The van der Waals surface area contributed by atoms with Gasteiger partial charge in [0.25, 0.3) is 0 Å². The van der Waals surface area contributed by atoms with E-state index in [1.165, 1.54) is 24.7 Å². The fraction of sp³-hybridized carbons (Fsp3) is 0.556. The van der Waals surface area contributed by atoms with E-state index in [1.807, 2.05) is 6.07 Å². The zero-order chi connectivity index (χ0) is 15.9. The van der Waals surface area contributed by atoms with Gasteiger partial charge in [0.1, 0.15) is 5.82 Å². The molecule has 0 radical (unpaired) electrons. The van der Waals surface area contributed by atoms with E-state index in [0.717, 1.165) is 30.5 Å². The molecule has 1 aliphatic rings. The average molecular weight is 303 g/mol. The van der Waals surface area contributed by atoms with Gasteiger partial charge >= 0.3 is 0 Å². The van der Waals surface area contributed by atoms with Crippen LogP contribution in [0, 0.1) is 11.2 Å². The second-order valence-corrected chi connectivity index (χ2v) is 7.37. The number of nitrogens with zero attached hydrogens (tertiary/aromatic N) is 3. The Morgan fingerprint density at radius 2 is 2.05 bits per heavy atom. The highest BCUT2D eigenvalue weighted by Gasteiger charge is 2.32. The molecular formula is C18H26FN3. The summed E-state index contributed by atoms with van der Waals surface area (Å²) < 4.78 is 15.5. The van der Waals surface area contributed by atoms with E-state index in [1.54, 1.807) is 6.07 Å². The van der Waals surface area contributed by atoms with E-state index >= 15 is 0 Å². The van der Waals surface area contributed by atoms with Gasteiger partial charge in [-0.3, -0.25) is 0 Å². The third-order valence-electron chi connectivity index (χ3n) is 4.94. The van der Waals surface area contributed by atoms with Gasteiger partial charge in [0.2, 0.25) is 0 Å². The molecule has 2 aromatic rings. The molecule has 4 heteroatoms. The van der Waals surface area contributed by atoms with E-state index < -0.39 is 0 Å². The van der Waals surface area contributed by atoms with Crippen molar-refractivity contribution in [2.75, 3.05) is 33.7 Å². The first-order valence-electron chi connectivity index (χ1n) is 7.97. The van der Waals surface area contributed by atoms with Gasteiger partial charge in [-0.2, -0.15) is 0 Å². The molecule has 0 saturated carbocycles. The van der Waals surface area contributed by atoms with Crippen LogP contribution in [0.2, 0.25) is 0 Å². The smallest absolute Gasteiger partial charge is 0.123 e. The third kappa shape index (κ3) is 3.03. The van der Waals surface area contributed by atoms with Crippen molar-refractivity contribution in [2.24, 2.45) is 12.5 Å². The van der Waals surface area contributed by atoms with Crippen LogP contribution in [0.3, 0.4) is 0 Å². The summed E-state index contributed by atoms with van der Waals surface area (Å²) >= 11 is 0. The third-order valence-corrected chi connectivity index (χ3v) is 4.94. The molecule has 0 aliphatic carbocycles. The van der Waals surface area contributed by atoms with Crippen molar-refractivity contribution in [1.82, 2.24) is 14.4 Å². The van der Waals surface area contributed by atoms with Crippen LogP contribution in [0.5, 0.6) is 0 Å². The summed E-state index contributed by atoms with van der Waals surface area (Å²) in [6.07, 6.45) is 1.26. The van der Waals surface area contributed by atoms with Crippen molar-refractivity contribution >= 4 is 10.9 Å². The van der Waals surface area contributed by atoms with Gasteiger partial charge in [-0.25, -0.2) is 4.39 Å². The van der Waals surface area contributed by atoms with Crippen LogP contribution in [-0.2, 0) is 13.6 Å².